The summed E-state index contributed by atoms with van der Waals surface area (Å²) in [5.74, 6) is -0.743. The SMILES string of the molecule is CCN(CC)S(=O)(=O)c1ccc2c(c1)nc(SCc1ccc(C(C)C(=O)O)cc1)n2CC1CCCO1. The molecule has 0 bridgehead atoms. The van der Waals surface area contributed by atoms with Crippen molar-refractivity contribution >= 4 is 38.8 Å². The summed E-state index contributed by atoms with van der Waals surface area (Å²) in [7, 11) is -3.58. The van der Waals surface area contributed by atoms with Crippen molar-refractivity contribution in [3.63, 3.8) is 0 Å². The Morgan fingerprint density at radius 3 is 2.56 bits per heavy atom. The van der Waals surface area contributed by atoms with Crippen LogP contribution >= 0.6 is 11.8 Å². The second kappa shape index (κ2) is 11.3. The Hall–Kier alpha value is -2.40. The van der Waals surface area contributed by atoms with Crippen LogP contribution in [-0.2, 0) is 31.9 Å². The van der Waals surface area contributed by atoms with E-state index in [0.29, 0.717) is 30.9 Å². The van der Waals surface area contributed by atoms with Gasteiger partial charge in [-0.05, 0) is 49.1 Å². The highest BCUT2D eigenvalue weighted by molar-refractivity contribution is 7.98. The molecule has 2 heterocycles. The van der Waals surface area contributed by atoms with Crippen LogP contribution in [0.2, 0.25) is 0 Å². The first kappa shape index (κ1) is 26.7. The van der Waals surface area contributed by atoms with Crippen LogP contribution in [0, 0.1) is 0 Å². The minimum atomic E-state index is -3.58. The molecule has 2 atom stereocenters. The van der Waals surface area contributed by atoms with Gasteiger partial charge in [0.2, 0.25) is 10.0 Å². The third kappa shape index (κ3) is 5.61. The Balaban J connectivity index is 1.63. The zero-order valence-corrected chi connectivity index (χ0v) is 22.5. The molecule has 2 unspecified atom stereocenters. The van der Waals surface area contributed by atoms with Gasteiger partial charge in [0.15, 0.2) is 5.16 Å². The Morgan fingerprint density at radius 2 is 1.94 bits per heavy atom. The predicted octanol–water partition coefficient (Wildman–Crippen LogP) is 4.73. The minimum Gasteiger partial charge on any atom is -0.481 e. The number of rotatable bonds is 11. The zero-order valence-electron chi connectivity index (χ0n) is 20.9. The van der Waals surface area contributed by atoms with Crippen LogP contribution in [0.4, 0.5) is 0 Å². The van der Waals surface area contributed by atoms with Gasteiger partial charge in [-0.3, -0.25) is 4.79 Å². The number of fused-ring (bicyclic) bond motifs is 1. The Labute approximate surface area is 216 Å². The van der Waals surface area contributed by atoms with Crippen LogP contribution in [0.25, 0.3) is 11.0 Å². The zero-order chi connectivity index (χ0) is 25.9. The smallest absolute Gasteiger partial charge is 0.310 e. The number of carboxylic acid groups (broad SMARTS) is 1. The molecule has 1 N–H and O–H groups in total. The number of sulfonamides is 1. The summed E-state index contributed by atoms with van der Waals surface area (Å²) in [6.45, 7) is 7.58. The molecule has 3 aromatic rings. The van der Waals surface area contributed by atoms with E-state index < -0.39 is 21.9 Å². The summed E-state index contributed by atoms with van der Waals surface area (Å²) < 4.78 is 35.6. The summed E-state index contributed by atoms with van der Waals surface area (Å²) in [5, 5.41) is 10.0. The van der Waals surface area contributed by atoms with Gasteiger partial charge in [-0.1, -0.05) is 49.9 Å². The number of benzene rings is 2. The van der Waals surface area contributed by atoms with Crippen molar-refractivity contribution in [3.05, 3.63) is 53.6 Å². The van der Waals surface area contributed by atoms with Gasteiger partial charge in [0, 0.05) is 25.4 Å². The quantitative estimate of drug-likeness (QED) is 0.357. The fraction of sp³-hybridized carbons (Fsp3) is 0.462. The van der Waals surface area contributed by atoms with E-state index in [1.807, 2.05) is 44.2 Å². The number of carboxylic acids is 1. The molecule has 0 amide bonds. The van der Waals surface area contributed by atoms with Gasteiger partial charge in [0.1, 0.15) is 0 Å². The molecule has 0 saturated carbocycles. The summed E-state index contributed by atoms with van der Waals surface area (Å²) in [4.78, 5) is 16.3. The lowest BCUT2D eigenvalue weighted by Crippen LogP contribution is -2.30. The average Bonchev–Trinajstić information content (AvgIpc) is 3.51. The second-order valence-corrected chi connectivity index (χ2v) is 11.9. The van der Waals surface area contributed by atoms with Crippen molar-refractivity contribution < 1.29 is 23.1 Å². The van der Waals surface area contributed by atoms with Gasteiger partial charge >= 0.3 is 5.97 Å². The van der Waals surface area contributed by atoms with Crippen molar-refractivity contribution in [3.8, 4) is 0 Å². The maximum absolute atomic E-state index is 13.1. The van der Waals surface area contributed by atoms with Crippen LogP contribution in [-0.4, -0.2) is 59.2 Å². The first-order chi connectivity index (χ1) is 17.2. The minimum absolute atomic E-state index is 0.109. The number of aliphatic carboxylic acids is 1. The Bertz CT molecular complexity index is 1310. The largest absolute Gasteiger partial charge is 0.481 e. The molecule has 194 valence electrons. The Kier molecular flexibility index (Phi) is 8.39. The van der Waals surface area contributed by atoms with Gasteiger partial charge in [-0.15, -0.1) is 0 Å². The van der Waals surface area contributed by atoms with Gasteiger partial charge in [-0.25, -0.2) is 13.4 Å². The summed E-state index contributed by atoms with van der Waals surface area (Å²) >= 11 is 1.58. The lowest BCUT2D eigenvalue weighted by Gasteiger charge is -2.18. The van der Waals surface area contributed by atoms with E-state index in [-0.39, 0.29) is 11.0 Å². The van der Waals surface area contributed by atoms with Crippen LogP contribution < -0.4 is 0 Å². The van der Waals surface area contributed by atoms with E-state index in [9.17, 15) is 18.3 Å². The molecule has 36 heavy (non-hydrogen) atoms. The predicted molar refractivity (Wildman–Crippen MR) is 141 cm³/mol. The normalized spacial score (nSPS) is 17.2. The van der Waals surface area contributed by atoms with Gasteiger partial charge < -0.3 is 14.4 Å². The molecule has 0 spiro atoms. The van der Waals surface area contributed by atoms with Crippen molar-refractivity contribution in [1.82, 2.24) is 13.9 Å². The van der Waals surface area contributed by atoms with E-state index in [1.54, 1.807) is 30.8 Å². The molecule has 1 aliphatic heterocycles. The molecule has 1 aliphatic rings. The topological polar surface area (TPSA) is 102 Å². The lowest BCUT2D eigenvalue weighted by molar-refractivity contribution is -0.138. The fourth-order valence-corrected chi connectivity index (χ4v) is 6.89. The molecule has 10 heteroatoms. The highest BCUT2D eigenvalue weighted by Crippen LogP contribution is 2.31. The van der Waals surface area contributed by atoms with E-state index in [4.69, 9.17) is 9.72 Å². The van der Waals surface area contributed by atoms with Crippen LogP contribution in [0.15, 0.2) is 52.5 Å². The molecular formula is C26H33N3O5S2. The van der Waals surface area contributed by atoms with Crippen molar-refractivity contribution in [2.75, 3.05) is 19.7 Å². The van der Waals surface area contributed by atoms with Crippen molar-refractivity contribution in [2.24, 2.45) is 0 Å². The summed E-state index contributed by atoms with van der Waals surface area (Å²) in [5.41, 5.74) is 3.36. The third-order valence-corrected chi connectivity index (χ3v) is 9.75. The maximum atomic E-state index is 13.1. The van der Waals surface area contributed by atoms with Gasteiger partial charge in [0.05, 0.1) is 34.5 Å². The van der Waals surface area contributed by atoms with Crippen molar-refractivity contribution in [1.29, 1.82) is 0 Å². The van der Waals surface area contributed by atoms with Crippen LogP contribution in [0.5, 0.6) is 0 Å². The van der Waals surface area contributed by atoms with E-state index in [1.165, 1.54) is 4.31 Å². The van der Waals surface area contributed by atoms with E-state index >= 15 is 0 Å². The van der Waals surface area contributed by atoms with Crippen molar-refractivity contribution in [2.45, 2.75) is 68.0 Å². The fourth-order valence-electron chi connectivity index (χ4n) is 4.43. The number of thioether (sulfide) groups is 1. The number of ether oxygens (including phenoxy) is 1. The molecule has 1 saturated heterocycles. The van der Waals surface area contributed by atoms with Gasteiger partial charge in [-0.2, -0.15) is 4.31 Å². The monoisotopic (exact) mass is 531 g/mol. The number of carbonyl (C=O) groups is 1. The molecule has 0 radical (unpaired) electrons. The summed E-state index contributed by atoms with van der Waals surface area (Å²) in [6.07, 6.45) is 2.13. The van der Waals surface area contributed by atoms with E-state index in [2.05, 4.69) is 4.57 Å². The third-order valence-electron chi connectivity index (χ3n) is 6.66. The number of nitrogens with zero attached hydrogens (tertiary/aromatic N) is 3. The molecule has 2 aromatic carbocycles. The van der Waals surface area contributed by atoms with Crippen LogP contribution in [0.3, 0.4) is 0 Å². The standard InChI is InChI=1S/C26H33N3O5S2/c1-4-28(5-2)36(32,33)22-12-13-24-23(15-22)27-26(29(24)16-21-7-6-14-34-21)35-17-19-8-10-20(11-9-19)18(3)25(30)31/h8-13,15,18,21H,4-7,14,16-17H2,1-3H3,(H,30,31). The average molecular weight is 532 g/mol. The number of hydrogen-bond donors (Lipinski definition) is 1. The molecule has 0 aliphatic carbocycles. The molecule has 1 aromatic heterocycles. The molecule has 1 fully saturated rings. The number of hydrogen-bond acceptors (Lipinski definition) is 6. The van der Waals surface area contributed by atoms with Crippen LogP contribution in [0.1, 0.15) is 50.7 Å². The lowest BCUT2D eigenvalue weighted by atomic mass is 10.0. The number of imidazole rings is 1. The molecular weight excluding hydrogens is 498 g/mol. The van der Waals surface area contributed by atoms with Gasteiger partial charge in [0.25, 0.3) is 0 Å². The highest BCUT2D eigenvalue weighted by Gasteiger charge is 2.25. The summed E-state index contributed by atoms with van der Waals surface area (Å²) in [6, 6.07) is 12.8. The molecule has 4 rings (SSSR count). The molecule has 8 nitrogen and oxygen atoms in total. The number of aromatic nitrogens is 2. The first-order valence-corrected chi connectivity index (χ1v) is 14.7. The maximum Gasteiger partial charge on any atom is 0.310 e. The first-order valence-electron chi connectivity index (χ1n) is 12.3. The van der Waals surface area contributed by atoms with E-state index in [0.717, 1.165) is 41.2 Å². The second-order valence-electron chi connectivity index (χ2n) is 8.97. The highest BCUT2D eigenvalue weighted by atomic mass is 32.2. The Morgan fingerprint density at radius 1 is 1.22 bits per heavy atom.